The van der Waals surface area contributed by atoms with Gasteiger partial charge in [0.25, 0.3) is 0 Å². The number of ether oxygens (including phenoxy) is 2. The van der Waals surface area contributed by atoms with Crippen molar-refractivity contribution in [2.75, 3.05) is 13.2 Å². The van der Waals surface area contributed by atoms with Crippen LogP contribution in [0.5, 0.6) is 5.75 Å². The summed E-state index contributed by atoms with van der Waals surface area (Å²) in [4.78, 5) is 10.9. The van der Waals surface area contributed by atoms with Gasteiger partial charge in [0, 0.05) is 13.0 Å². The Morgan fingerprint density at radius 2 is 2.00 bits per heavy atom. The van der Waals surface area contributed by atoms with E-state index in [1.54, 1.807) is 6.92 Å². The third-order valence-electron chi connectivity index (χ3n) is 3.04. The number of aliphatic carboxylic acids is 1. The molecule has 0 fully saturated rings. The molecule has 0 radical (unpaired) electrons. The molecule has 0 amide bonds. The molecule has 0 aromatic heterocycles. The molecular weight excluding hydrogens is 244 g/mol. The van der Waals surface area contributed by atoms with Crippen LogP contribution in [0, 0.1) is 20.8 Å². The Morgan fingerprint density at radius 1 is 1.32 bits per heavy atom. The highest BCUT2D eigenvalue weighted by molar-refractivity contribution is 5.72. The van der Waals surface area contributed by atoms with E-state index in [4.69, 9.17) is 14.6 Å². The van der Waals surface area contributed by atoms with Gasteiger partial charge in [-0.3, -0.25) is 0 Å². The summed E-state index contributed by atoms with van der Waals surface area (Å²) in [6.45, 7) is 8.56. The lowest BCUT2D eigenvalue weighted by Crippen LogP contribution is -2.26. The Balaban J connectivity index is 2.60. The number of benzene rings is 1. The number of aryl methyl sites for hydroxylation is 2. The molecule has 4 nitrogen and oxygen atoms in total. The predicted octanol–water partition coefficient (Wildman–Crippen LogP) is 2.87. The summed E-state index contributed by atoms with van der Waals surface area (Å²) in [5.41, 5.74) is 3.40. The molecule has 0 bridgehead atoms. The summed E-state index contributed by atoms with van der Waals surface area (Å²) in [5.74, 6) is -0.124. The SMILES string of the molecule is CCOC(CCOc1cc(C)cc(C)c1C)C(=O)O. The van der Waals surface area contributed by atoms with E-state index >= 15 is 0 Å². The van der Waals surface area contributed by atoms with E-state index in [1.165, 1.54) is 5.56 Å². The zero-order valence-corrected chi connectivity index (χ0v) is 12.0. The van der Waals surface area contributed by atoms with Crippen LogP contribution in [0.15, 0.2) is 12.1 Å². The highest BCUT2D eigenvalue weighted by Crippen LogP contribution is 2.23. The van der Waals surface area contributed by atoms with E-state index in [2.05, 4.69) is 6.07 Å². The lowest BCUT2D eigenvalue weighted by Gasteiger charge is -2.15. The van der Waals surface area contributed by atoms with Gasteiger partial charge < -0.3 is 14.6 Å². The fourth-order valence-electron chi connectivity index (χ4n) is 1.91. The fourth-order valence-corrected chi connectivity index (χ4v) is 1.91. The molecular formula is C15H22O4. The van der Waals surface area contributed by atoms with E-state index in [9.17, 15) is 4.79 Å². The van der Waals surface area contributed by atoms with Crippen LogP contribution in [0.25, 0.3) is 0 Å². The number of carboxylic acids is 1. The van der Waals surface area contributed by atoms with Crippen LogP contribution in [0.2, 0.25) is 0 Å². The summed E-state index contributed by atoms with van der Waals surface area (Å²) < 4.78 is 10.8. The normalized spacial score (nSPS) is 12.2. The van der Waals surface area contributed by atoms with Crippen molar-refractivity contribution >= 4 is 5.97 Å². The molecule has 0 aliphatic heterocycles. The number of rotatable bonds is 7. The van der Waals surface area contributed by atoms with Crippen molar-refractivity contribution in [3.05, 3.63) is 28.8 Å². The molecule has 0 spiro atoms. The lowest BCUT2D eigenvalue weighted by atomic mass is 10.1. The van der Waals surface area contributed by atoms with Gasteiger partial charge in [-0.05, 0) is 50.5 Å². The average molecular weight is 266 g/mol. The molecule has 1 unspecified atom stereocenters. The van der Waals surface area contributed by atoms with E-state index < -0.39 is 12.1 Å². The zero-order chi connectivity index (χ0) is 14.4. The van der Waals surface area contributed by atoms with Crippen LogP contribution < -0.4 is 4.74 Å². The summed E-state index contributed by atoms with van der Waals surface area (Å²) in [7, 11) is 0. The summed E-state index contributed by atoms with van der Waals surface area (Å²) in [6, 6.07) is 4.07. The molecule has 1 N–H and O–H groups in total. The molecule has 0 aliphatic rings. The molecule has 106 valence electrons. The van der Waals surface area contributed by atoms with Crippen LogP contribution in [-0.4, -0.2) is 30.4 Å². The minimum Gasteiger partial charge on any atom is -0.493 e. The van der Waals surface area contributed by atoms with Crippen molar-refractivity contribution in [3.8, 4) is 5.75 Å². The van der Waals surface area contributed by atoms with Crippen LogP contribution in [0.3, 0.4) is 0 Å². The first-order chi connectivity index (χ1) is 8.95. The van der Waals surface area contributed by atoms with Crippen LogP contribution in [0.1, 0.15) is 30.0 Å². The summed E-state index contributed by atoms with van der Waals surface area (Å²) in [5, 5.41) is 8.96. The Bertz CT molecular complexity index is 440. The van der Waals surface area contributed by atoms with E-state index in [0.29, 0.717) is 19.6 Å². The first-order valence-corrected chi connectivity index (χ1v) is 6.50. The molecule has 4 heteroatoms. The summed E-state index contributed by atoms with van der Waals surface area (Å²) >= 11 is 0. The molecule has 0 aliphatic carbocycles. The largest absolute Gasteiger partial charge is 0.493 e. The van der Waals surface area contributed by atoms with E-state index in [0.717, 1.165) is 16.9 Å². The Hall–Kier alpha value is -1.55. The van der Waals surface area contributed by atoms with Gasteiger partial charge in [-0.25, -0.2) is 4.79 Å². The minimum atomic E-state index is -0.942. The number of carboxylic acid groups (broad SMARTS) is 1. The highest BCUT2D eigenvalue weighted by Gasteiger charge is 2.17. The molecule has 0 heterocycles. The maximum Gasteiger partial charge on any atom is 0.332 e. The second-order valence-electron chi connectivity index (χ2n) is 4.62. The third kappa shape index (κ3) is 4.56. The molecule has 1 rings (SSSR count). The van der Waals surface area contributed by atoms with Gasteiger partial charge in [0.15, 0.2) is 6.10 Å². The van der Waals surface area contributed by atoms with Gasteiger partial charge in [-0.2, -0.15) is 0 Å². The van der Waals surface area contributed by atoms with Crippen molar-refractivity contribution < 1.29 is 19.4 Å². The average Bonchev–Trinajstić information content (AvgIpc) is 2.33. The maximum atomic E-state index is 10.9. The first kappa shape index (κ1) is 15.5. The molecule has 1 aromatic rings. The Morgan fingerprint density at radius 3 is 2.58 bits per heavy atom. The van der Waals surface area contributed by atoms with Crippen molar-refractivity contribution in [2.45, 2.75) is 40.2 Å². The second-order valence-corrected chi connectivity index (χ2v) is 4.62. The topological polar surface area (TPSA) is 55.8 Å². The first-order valence-electron chi connectivity index (χ1n) is 6.50. The quantitative estimate of drug-likeness (QED) is 0.824. The second kappa shape index (κ2) is 7.14. The Kier molecular flexibility index (Phi) is 5.83. The van der Waals surface area contributed by atoms with Crippen molar-refractivity contribution in [3.63, 3.8) is 0 Å². The number of hydrogen-bond acceptors (Lipinski definition) is 3. The van der Waals surface area contributed by atoms with Gasteiger partial charge in [0.1, 0.15) is 5.75 Å². The third-order valence-corrected chi connectivity index (χ3v) is 3.04. The molecule has 19 heavy (non-hydrogen) atoms. The monoisotopic (exact) mass is 266 g/mol. The summed E-state index contributed by atoms with van der Waals surface area (Å²) in [6.07, 6.45) is -0.452. The van der Waals surface area contributed by atoms with Gasteiger partial charge in [0.2, 0.25) is 0 Å². The highest BCUT2D eigenvalue weighted by atomic mass is 16.5. The van der Waals surface area contributed by atoms with Gasteiger partial charge >= 0.3 is 5.97 Å². The van der Waals surface area contributed by atoms with Crippen LogP contribution >= 0.6 is 0 Å². The zero-order valence-electron chi connectivity index (χ0n) is 12.0. The van der Waals surface area contributed by atoms with Gasteiger partial charge in [0.05, 0.1) is 6.61 Å². The van der Waals surface area contributed by atoms with Gasteiger partial charge in [-0.15, -0.1) is 0 Å². The van der Waals surface area contributed by atoms with Crippen molar-refractivity contribution in [2.24, 2.45) is 0 Å². The molecule has 0 saturated carbocycles. The minimum absolute atomic E-state index is 0.334. The number of carbonyl (C=O) groups is 1. The van der Waals surface area contributed by atoms with Crippen molar-refractivity contribution in [1.82, 2.24) is 0 Å². The standard InChI is InChI=1S/C15H22O4/c1-5-18-13(15(16)17)6-7-19-14-9-10(2)8-11(3)12(14)4/h8-9,13H,5-7H2,1-4H3,(H,16,17). The predicted molar refractivity (Wildman–Crippen MR) is 73.8 cm³/mol. The molecule has 1 atom stereocenters. The molecule has 1 aromatic carbocycles. The van der Waals surface area contributed by atoms with E-state index in [-0.39, 0.29) is 0 Å². The van der Waals surface area contributed by atoms with E-state index in [1.807, 2.05) is 26.8 Å². The Labute approximate surface area is 114 Å². The maximum absolute atomic E-state index is 10.9. The number of hydrogen-bond donors (Lipinski definition) is 1. The smallest absolute Gasteiger partial charge is 0.332 e. The van der Waals surface area contributed by atoms with Crippen LogP contribution in [0.4, 0.5) is 0 Å². The van der Waals surface area contributed by atoms with Gasteiger partial charge in [-0.1, -0.05) is 6.07 Å². The van der Waals surface area contributed by atoms with Crippen molar-refractivity contribution in [1.29, 1.82) is 0 Å². The molecule has 0 saturated heterocycles. The van der Waals surface area contributed by atoms with Crippen LogP contribution in [-0.2, 0) is 9.53 Å². The fraction of sp³-hybridized carbons (Fsp3) is 0.533. The lowest BCUT2D eigenvalue weighted by molar-refractivity contribution is -0.150.